The monoisotopic (exact) mass is 327 g/mol. The molecule has 3 rings (SSSR count). The molecule has 2 heterocycles. The third-order valence-corrected chi connectivity index (χ3v) is 5.41. The van der Waals surface area contributed by atoms with E-state index in [1.165, 1.54) is 18.4 Å². The van der Waals surface area contributed by atoms with Crippen LogP contribution in [0.3, 0.4) is 0 Å². The number of anilines is 1. The van der Waals surface area contributed by atoms with Crippen molar-refractivity contribution in [1.29, 1.82) is 0 Å². The maximum Gasteiger partial charge on any atom is 0.224 e. The van der Waals surface area contributed by atoms with Gasteiger partial charge < -0.3 is 10.2 Å². The van der Waals surface area contributed by atoms with Gasteiger partial charge in [-0.2, -0.15) is 0 Å². The van der Waals surface area contributed by atoms with Gasteiger partial charge >= 0.3 is 0 Å². The second-order valence-corrected chi connectivity index (χ2v) is 8.01. The Balaban J connectivity index is 1.54. The van der Waals surface area contributed by atoms with E-state index in [0.717, 1.165) is 24.5 Å². The molecule has 0 bridgehead atoms. The van der Waals surface area contributed by atoms with Crippen LogP contribution in [0.15, 0.2) is 30.0 Å². The van der Waals surface area contributed by atoms with Crippen LogP contribution in [-0.4, -0.2) is 24.0 Å². The number of carbonyl (C=O) groups is 1. The van der Waals surface area contributed by atoms with Crippen LogP contribution in [0, 0.1) is 17.3 Å². The van der Waals surface area contributed by atoms with Gasteiger partial charge in [0.25, 0.3) is 0 Å². The van der Waals surface area contributed by atoms with E-state index in [1.54, 1.807) is 0 Å². The molecule has 1 saturated heterocycles. The lowest BCUT2D eigenvalue weighted by Gasteiger charge is -2.16. The molecular formula is C20H29N3O. The van der Waals surface area contributed by atoms with E-state index >= 15 is 0 Å². The molecule has 1 aliphatic carbocycles. The lowest BCUT2D eigenvalue weighted by Crippen LogP contribution is -2.26. The van der Waals surface area contributed by atoms with Gasteiger partial charge in [-0.25, -0.2) is 4.98 Å². The summed E-state index contributed by atoms with van der Waals surface area (Å²) >= 11 is 0. The van der Waals surface area contributed by atoms with E-state index in [4.69, 9.17) is 0 Å². The Morgan fingerprint density at radius 2 is 2.04 bits per heavy atom. The number of rotatable bonds is 5. The third-order valence-electron chi connectivity index (χ3n) is 5.41. The quantitative estimate of drug-likeness (QED) is 0.842. The number of hydrogen-bond donors (Lipinski definition) is 1. The van der Waals surface area contributed by atoms with Gasteiger partial charge in [0, 0.05) is 25.8 Å². The Kier molecular flexibility index (Phi) is 4.66. The molecule has 1 aliphatic heterocycles. The molecule has 2 fully saturated rings. The molecule has 0 aromatic carbocycles. The van der Waals surface area contributed by atoms with Gasteiger partial charge in [0.05, 0.1) is 5.92 Å². The molecule has 1 aromatic rings. The summed E-state index contributed by atoms with van der Waals surface area (Å²) in [6.45, 7) is 11.3. The zero-order valence-electron chi connectivity index (χ0n) is 15.3. The summed E-state index contributed by atoms with van der Waals surface area (Å²) in [6, 6.07) is 4.15. The first-order valence-electron chi connectivity index (χ1n) is 9.02. The van der Waals surface area contributed by atoms with Crippen molar-refractivity contribution in [3.8, 4) is 0 Å². The van der Waals surface area contributed by atoms with Crippen LogP contribution in [0.25, 0.3) is 0 Å². The number of pyridine rings is 1. The number of aromatic nitrogens is 1. The van der Waals surface area contributed by atoms with Gasteiger partial charge in [-0.1, -0.05) is 31.6 Å². The molecule has 2 atom stereocenters. The smallest absolute Gasteiger partial charge is 0.224 e. The predicted octanol–water partition coefficient (Wildman–Crippen LogP) is 3.54. The number of amides is 1. The van der Waals surface area contributed by atoms with Crippen LogP contribution in [0.1, 0.15) is 46.1 Å². The summed E-state index contributed by atoms with van der Waals surface area (Å²) < 4.78 is 0. The summed E-state index contributed by atoms with van der Waals surface area (Å²) in [4.78, 5) is 19.4. The van der Waals surface area contributed by atoms with E-state index in [2.05, 4.69) is 61.1 Å². The molecule has 4 nitrogen and oxygen atoms in total. The normalized spacial score (nSPS) is 24.6. The largest absolute Gasteiger partial charge is 0.357 e. The zero-order chi connectivity index (χ0) is 17.3. The first-order chi connectivity index (χ1) is 11.4. The fraction of sp³-hybridized carbons (Fsp3) is 0.600. The number of nitrogens with zero attached hydrogens (tertiary/aromatic N) is 2. The highest BCUT2D eigenvalue weighted by molar-refractivity contribution is 5.83. The highest BCUT2D eigenvalue weighted by Gasteiger charge is 2.60. The molecule has 4 heteroatoms. The summed E-state index contributed by atoms with van der Waals surface area (Å²) in [5, 5.41) is 3.09. The highest BCUT2D eigenvalue weighted by Crippen LogP contribution is 2.59. The Hall–Kier alpha value is -1.84. The van der Waals surface area contributed by atoms with Crippen LogP contribution < -0.4 is 10.2 Å². The lowest BCUT2D eigenvalue weighted by molar-refractivity contribution is -0.123. The van der Waals surface area contributed by atoms with Crippen molar-refractivity contribution in [3.63, 3.8) is 0 Å². The maximum absolute atomic E-state index is 12.5. The molecule has 130 valence electrons. The van der Waals surface area contributed by atoms with Gasteiger partial charge in [0.1, 0.15) is 5.82 Å². The van der Waals surface area contributed by atoms with Gasteiger partial charge in [0.2, 0.25) is 5.91 Å². The van der Waals surface area contributed by atoms with Crippen molar-refractivity contribution >= 4 is 11.7 Å². The van der Waals surface area contributed by atoms with Crippen molar-refractivity contribution in [2.45, 2.75) is 47.1 Å². The second-order valence-electron chi connectivity index (χ2n) is 8.01. The highest BCUT2D eigenvalue weighted by atomic mass is 16.2. The molecule has 2 aliphatic rings. The fourth-order valence-corrected chi connectivity index (χ4v) is 3.80. The van der Waals surface area contributed by atoms with Crippen molar-refractivity contribution < 1.29 is 4.79 Å². The molecule has 1 N–H and O–H groups in total. The maximum atomic E-state index is 12.5. The standard InChI is InChI=1S/C20H29N3O/c1-14(2)11-16-18(20(16,3)4)19(24)22-13-15-7-8-17(21-12-15)23-9-5-6-10-23/h7-8,11-12,16,18H,5-6,9-10,13H2,1-4H3,(H,22,24). The molecule has 1 saturated carbocycles. The van der Waals surface area contributed by atoms with E-state index in [1.807, 2.05) is 6.20 Å². The predicted molar refractivity (Wildman–Crippen MR) is 97.7 cm³/mol. The average molecular weight is 327 g/mol. The minimum Gasteiger partial charge on any atom is -0.357 e. The SMILES string of the molecule is CC(C)=CC1C(C(=O)NCc2ccc(N3CCCC3)nc2)C1(C)C. The van der Waals surface area contributed by atoms with E-state index in [9.17, 15) is 4.79 Å². The van der Waals surface area contributed by atoms with Gasteiger partial charge in [-0.05, 0) is 49.7 Å². The summed E-state index contributed by atoms with van der Waals surface area (Å²) in [5.74, 6) is 1.66. The van der Waals surface area contributed by atoms with Crippen molar-refractivity contribution in [2.75, 3.05) is 18.0 Å². The third kappa shape index (κ3) is 3.47. The lowest BCUT2D eigenvalue weighted by atomic mass is 10.1. The van der Waals surface area contributed by atoms with Crippen molar-refractivity contribution in [1.82, 2.24) is 10.3 Å². The first-order valence-corrected chi connectivity index (χ1v) is 9.02. The molecule has 0 spiro atoms. The average Bonchev–Trinajstić information content (AvgIpc) is 2.94. The summed E-state index contributed by atoms with van der Waals surface area (Å²) in [5.41, 5.74) is 2.41. The first kappa shape index (κ1) is 17.0. The van der Waals surface area contributed by atoms with Crippen molar-refractivity contribution in [3.05, 3.63) is 35.5 Å². The zero-order valence-corrected chi connectivity index (χ0v) is 15.3. The Morgan fingerprint density at radius 3 is 2.62 bits per heavy atom. The number of hydrogen-bond acceptors (Lipinski definition) is 3. The van der Waals surface area contributed by atoms with Gasteiger partial charge in [0.15, 0.2) is 0 Å². The van der Waals surface area contributed by atoms with Crippen LogP contribution in [0.2, 0.25) is 0 Å². The molecule has 2 unspecified atom stereocenters. The van der Waals surface area contributed by atoms with E-state index in [-0.39, 0.29) is 17.2 Å². The van der Waals surface area contributed by atoms with Crippen LogP contribution in [0.5, 0.6) is 0 Å². The molecule has 1 amide bonds. The van der Waals surface area contributed by atoms with Crippen LogP contribution >= 0.6 is 0 Å². The van der Waals surface area contributed by atoms with Gasteiger partial charge in [-0.3, -0.25) is 4.79 Å². The Morgan fingerprint density at radius 1 is 1.33 bits per heavy atom. The molecule has 0 radical (unpaired) electrons. The summed E-state index contributed by atoms with van der Waals surface area (Å²) in [6.07, 6.45) is 6.63. The van der Waals surface area contributed by atoms with E-state index in [0.29, 0.717) is 12.5 Å². The molecular weight excluding hydrogens is 298 g/mol. The number of allylic oxidation sites excluding steroid dienone is 2. The fourth-order valence-electron chi connectivity index (χ4n) is 3.80. The number of carbonyl (C=O) groups excluding carboxylic acids is 1. The molecule has 1 aromatic heterocycles. The Labute approximate surface area is 145 Å². The van der Waals surface area contributed by atoms with Crippen LogP contribution in [0.4, 0.5) is 5.82 Å². The van der Waals surface area contributed by atoms with E-state index < -0.39 is 0 Å². The van der Waals surface area contributed by atoms with Crippen molar-refractivity contribution in [2.24, 2.45) is 17.3 Å². The minimum absolute atomic E-state index is 0.0687. The van der Waals surface area contributed by atoms with Gasteiger partial charge in [-0.15, -0.1) is 0 Å². The second kappa shape index (κ2) is 6.58. The topological polar surface area (TPSA) is 45.2 Å². The van der Waals surface area contributed by atoms with Crippen LogP contribution in [-0.2, 0) is 11.3 Å². The molecule has 24 heavy (non-hydrogen) atoms. The Bertz CT molecular complexity index is 623. The minimum atomic E-state index is 0.0687. The summed E-state index contributed by atoms with van der Waals surface area (Å²) in [7, 11) is 0. The number of nitrogens with one attached hydrogen (secondary N) is 1.